The monoisotopic (exact) mass is 520 g/mol. The molecule has 7 nitrogen and oxygen atoms in total. The third kappa shape index (κ3) is 6.75. The van der Waals surface area contributed by atoms with Crippen molar-refractivity contribution >= 4 is 46.7 Å². The van der Waals surface area contributed by atoms with Gasteiger partial charge in [-0.1, -0.05) is 54.2 Å². The summed E-state index contributed by atoms with van der Waals surface area (Å²) < 4.78 is 10.2. The lowest BCUT2D eigenvalue weighted by Gasteiger charge is -2.29. The predicted octanol–water partition coefficient (Wildman–Crippen LogP) is 5.04. The number of carbonyl (C=O) groups excluding carboxylic acids is 3. The molecule has 2 aromatic carbocycles. The lowest BCUT2D eigenvalue weighted by Crippen LogP contribution is -2.49. The van der Waals surface area contributed by atoms with E-state index in [1.807, 2.05) is 0 Å². The zero-order valence-electron chi connectivity index (χ0n) is 19.9. The molecule has 2 aromatic rings. The number of amides is 2. The van der Waals surface area contributed by atoms with E-state index in [-0.39, 0.29) is 27.9 Å². The highest BCUT2D eigenvalue weighted by atomic mass is 35.5. The molecular formula is C26H30Cl2N2O5. The summed E-state index contributed by atoms with van der Waals surface area (Å²) in [6.07, 6.45) is 4.38. The molecule has 0 bridgehead atoms. The predicted molar refractivity (Wildman–Crippen MR) is 136 cm³/mol. The van der Waals surface area contributed by atoms with Crippen molar-refractivity contribution in [2.24, 2.45) is 5.41 Å². The normalized spacial score (nSPS) is 15.3. The van der Waals surface area contributed by atoms with Crippen LogP contribution in [0.25, 0.3) is 0 Å². The van der Waals surface area contributed by atoms with Crippen LogP contribution in [0.3, 0.4) is 0 Å². The molecule has 1 aliphatic carbocycles. The van der Waals surface area contributed by atoms with Crippen molar-refractivity contribution in [2.45, 2.75) is 44.6 Å². The summed E-state index contributed by atoms with van der Waals surface area (Å²) in [7, 11) is 2.92. The number of anilines is 1. The van der Waals surface area contributed by atoms with Crippen molar-refractivity contribution < 1.29 is 23.9 Å². The zero-order valence-corrected chi connectivity index (χ0v) is 21.4. The Morgan fingerprint density at radius 3 is 2.20 bits per heavy atom. The van der Waals surface area contributed by atoms with Gasteiger partial charge in [0.15, 0.2) is 0 Å². The van der Waals surface area contributed by atoms with Gasteiger partial charge in [-0.25, -0.2) is 4.79 Å². The highest BCUT2D eigenvalue weighted by Crippen LogP contribution is 2.41. The van der Waals surface area contributed by atoms with Gasteiger partial charge in [0.25, 0.3) is 5.91 Å². The molecule has 2 N–H and O–H groups in total. The number of ether oxygens (including phenoxy) is 2. The van der Waals surface area contributed by atoms with E-state index < -0.39 is 23.3 Å². The summed E-state index contributed by atoms with van der Waals surface area (Å²) >= 11 is 12.2. The van der Waals surface area contributed by atoms with Gasteiger partial charge in [0.05, 0.1) is 28.1 Å². The fourth-order valence-corrected chi connectivity index (χ4v) is 5.02. The molecule has 0 spiro atoms. The zero-order chi connectivity index (χ0) is 25.4. The van der Waals surface area contributed by atoms with Crippen molar-refractivity contribution in [3.05, 3.63) is 63.6 Å². The van der Waals surface area contributed by atoms with Gasteiger partial charge < -0.3 is 20.1 Å². The summed E-state index contributed by atoms with van der Waals surface area (Å²) in [5, 5.41) is 6.20. The van der Waals surface area contributed by atoms with Gasteiger partial charge in [0.2, 0.25) is 5.91 Å². The van der Waals surface area contributed by atoms with Crippen LogP contribution in [0.2, 0.25) is 10.0 Å². The molecule has 0 aromatic heterocycles. The number of rotatable bonds is 10. The van der Waals surface area contributed by atoms with E-state index in [9.17, 15) is 14.4 Å². The third-order valence-corrected chi connectivity index (χ3v) is 7.09. The molecule has 1 aliphatic rings. The van der Waals surface area contributed by atoms with Gasteiger partial charge in [-0.3, -0.25) is 9.59 Å². The molecule has 188 valence electrons. The van der Waals surface area contributed by atoms with E-state index in [1.54, 1.807) is 49.6 Å². The summed E-state index contributed by atoms with van der Waals surface area (Å²) in [5.74, 6) is -1.07. The topological polar surface area (TPSA) is 93.7 Å². The second-order valence-electron chi connectivity index (χ2n) is 8.73. The number of halogens is 2. The van der Waals surface area contributed by atoms with Crippen molar-refractivity contribution in [1.82, 2.24) is 5.32 Å². The van der Waals surface area contributed by atoms with Crippen LogP contribution in [0.15, 0.2) is 42.5 Å². The maximum Gasteiger partial charge on any atom is 0.328 e. The maximum absolute atomic E-state index is 13.2. The minimum Gasteiger partial charge on any atom is -0.467 e. The fourth-order valence-electron chi connectivity index (χ4n) is 4.45. The molecule has 35 heavy (non-hydrogen) atoms. The van der Waals surface area contributed by atoms with E-state index in [4.69, 9.17) is 32.7 Å². The first-order valence-corrected chi connectivity index (χ1v) is 12.3. The van der Waals surface area contributed by atoms with Crippen molar-refractivity contribution in [2.75, 3.05) is 26.1 Å². The number of methoxy groups -OCH3 is 2. The van der Waals surface area contributed by atoms with Gasteiger partial charge in [0, 0.05) is 25.8 Å². The Morgan fingerprint density at radius 2 is 1.63 bits per heavy atom. The Labute approximate surface area is 215 Å². The van der Waals surface area contributed by atoms with Crippen molar-refractivity contribution in [1.29, 1.82) is 0 Å². The SMILES string of the molecule is COCCC1(C(=O)NC(Cc2ccc(NC(=O)c3c(Cl)cccc3Cl)cc2)C(=O)OC)CCCC1. The number of benzene rings is 2. The van der Waals surface area contributed by atoms with Crippen LogP contribution in [0.5, 0.6) is 0 Å². The second-order valence-corrected chi connectivity index (χ2v) is 9.55. The van der Waals surface area contributed by atoms with Gasteiger partial charge in [-0.05, 0) is 49.1 Å². The van der Waals surface area contributed by atoms with Crippen LogP contribution >= 0.6 is 23.2 Å². The molecule has 0 radical (unpaired) electrons. The quantitative estimate of drug-likeness (QED) is 0.427. The average molecular weight is 521 g/mol. The largest absolute Gasteiger partial charge is 0.467 e. The van der Waals surface area contributed by atoms with E-state index >= 15 is 0 Å². The number of hydrogen-bond donors (Lipinski definition) is 2. The average Bonchev–Trinajstić information content (AvgIpc) is 3.33. The van der Waals surface area contributed by atoms with Gasteiger partial charge in [-0.15, -0.1) is 0 Å². The smallest absolute Gasteiger partial charge is 0.328 e. The minimum atomic E-state index is -0.824. The lowest BCUT2D eigenvalue weighted by molar-refractivity contribution is -0.146. The van der Waals surface area contributed by atoms with E-state index in [0.717, 1.165) is 31.2 Å². The van der Waals surface area contributed by atoms with E-state index in [2.05, 4.69) is 10.6 Å². The Bertz CT molecular complexity index is 1030. The number of nitrogens with one attached hydrogen (secondary N) is 2. The molecule has 1 unspecified atom stereocenters. The molecule has 0 aliphatic heterocycles. The first-order valence-electron chi connectivity index (χ1n) is 11.5. The Hall–Kier alpha value is -2.61. The molecule has 0 saturated heterocycles. The Balaban J connectivity index is 1.68. The van der Waals surface area contributed by atoms with Crippen LogP contribution in [0.4, 0.5) is 5.69 Å². The summed E-state index contributed by atoms with van der Waals surface area (Å²) in [5.41, 5.74) is 1.02. The molecule has 1 atom stereocenters. The van der Waals surface area contributed by atoms with Crippen LogP contribution in [-0.4, -0.2) is 44.7 Å². The molecular weight excluding hydrogens is 491 g/mol. The van der Waals surface area contributed by atoms with Gasteiger partial charge >= 0.3 is 5.97 Å². The number of carbonyl (C=O) groups is 3. The Morgan fingerprint density at radius 1 is 1.00 bits per heavy atom. The lowest BCUT2D eigenvalue weighted by atomic mass is 9.81. The second kappa shape index (κ2) is 12.4. The van der Waals surface area contributed by atoms with Crippen LogP contribution in [0, 0.1) is 5.41 Å². The molecule has 9 heteroatoms. The van der Waals surface area contributed by atoms with Crippen molar-refractivity contribution in [3.8, 4) is 0 Å². The first-order chi connectivity index (χ1) is 16.8. The minimum absolute atomic E-state index is 0.136. The van der Waals surface area contributed by atoms with Gasteiger partial charge in [-0.2, -0.15) is 0 Å². The fraction of sp³-hybridized carbons (Fsp3) is 0.423. The highest BCUT2D eigenvalue weighted by molar-refractivity contribution is 6.40. The summed E-state index contributed by atoms with van der Waals surface area (Å²) in [6, 6.07) is 11.0. The maximum atomic E-state index is 13.2. The number of esters is 1. The van der Waals surface area contributed by atoms with E-state index in [0.29, 0.717) is 18.7 Å². The summed E-state index contributed by atoms with van der Waals surface area (Å²) in [4.78, 5) is 38.3. The molecule has 2 amide bonds. The Kier molecular flexibility index (Phi) is 9.55. The molecule has 3 rings (SSSR count). The van der Waals surface area contributed by atoms with E-state index in [1.165, 1.54) is 7.11 Å². The highest BCUT2D eigenvalue weighted by Gasteiger charge is 2.42. The van der Waals surface area contributed by atoms with Crippen LogP contribution < -0.4 is 10.6 Å². The van der Waals surface area contributed by atoms with Crippen LogP contribution in [0.1, 0.15) is 48.0 Å². The summed E-state index contributed by atoms with van der Waals surface area (Å²) in [6.45, 7) is 0.489. The van der Waals surface area contributed by atoms with Crippen LogP contribution in [-0.2, 0) is 25.5 Å². The third-order valence-electron chi connectivity index (χ3n) is 6.46. The molecule has 1 fully saturated rings. The van der Waals surface area contributed by atoms with Crippen molar-refractivity contribution in [3.63, 3.8) is 0 Å². The first kappa shape index (κ1) is 27.0. The molecule has 1 saturated carbocycles. The van der Waals surface area contributed by atoms with Gasteiger partial charge in [0.1, 0.15) is 6.04 Å². The standard InChI is InChI=1S/C26H30Cl2N2O5/c1-34-15-14-26(12-3-4-13-26)25(33)30-21(24(32)35-2)16-17-8-10-18(11-9-17)29-23(31)22-19(27)6-5-7-20(22)28/h5-11,21H,3-4,12-16H2,1-2H3,(H,29,31)(H,30,33). The molecule has 0 heterocycles. The number of hydrogen-bond acceptors (Lipinski definition) is 5.